The summed E-state index contributed by atoms with van der Waals surface area (Å²) in [7, 11) is 1.41. The Hall–Kier alpha value is -2.71. The number of pyridine rings is 1. The van der Waals surface area contributed by atoms with Gasteiger partial charge in [-0.25, -0.2) is 9.37 Å². The summed E-state index contributed by atoms with van der Waals surface area (Å²) in [4.78, 5) is 18.4. The molecule has 0 radical (unpaired) electrons. The minimum atomic E-state index is -0.915. The number of carboxylic acid groups (broad SMARTS) is 1. The van der Waals surface area contributed by atoms with Crippen LogP contribution in [0.4, 0.5) is 10.2 Å². The molecule has 2 aromatic rings. The van der Waals surface area contributed by atoms with Crippen LogP contribution in [0.2, 0.25) is 0 Å². The molecular weight excluding hydrogens is 411 g/mol. The standard InChI is InChI=1S/C24H31FN4O3/c1-32-22-9-7-17(12-20(22)25)21(13-23(30)31)27-19-14-29(15-19)11-3-5-18-8-6-16-4-2-10-26-24(16)28-18/h6-9,12,19,21,27H,2-5,10-11,13-15H2,1H3,(H,26,28)(H,30,31). The Morgan fingerprint density at radius 3 is 2.97 bits per heavy atom. The summed E-state index contributed by atoms with van der Waals surface area (Å²) in [5, 5.41) is 16.1. The number of nitrogens with zero attached hydrogens (tertiary/aromatic N) is 2. The third-order valence-electron chi connectivity index (χ3n) is 6.21. The van der Waals surface area contributed by atoms with Crippen molar-refractivity contribution in [1.29, 1.82) is 0 Å². The number of aromatic nitrogens is 1. The van der Waals surface area contributed by atoms with Crippen molar-refractivity contribution in [3.63, 3.8) is 0 Å². The van der Waals surface area contributed by atoms with Gasteiger partial charge in [0.2, 0.25) is 0 Å². The normalized spacial score (nSPS) is 17.2. The fourth-order valence-corrected chi connectivity index (χ4v) is 4.48. The minimum absolute atomic E-state index is 0.0969. The maximum absolute atomic E-state index is 14.1. The molecule has 1 aromatic carbocycles. The number of likely N-dealkylation sites (tertiary alicyclic amines) is 1. The van der Waals surface area contributed by atoms with Gasteiger partial charge in [0.1, 0.15) is 5.82 Å². The molecule has 1 aromatic heterocycles. The lowest BCUT2D eigenvalue weighted by molar-refractivity contribution is -0.137. The van der Waals surface area contributed by atoms with E-state index in [0.717, 1.165) is 57.0 Å². The highest BCUT2D eigenvalue weighted by Gasteiger charge is 2.29. The number of carboxylic acids is 1. The molecule has 8 heteroatoms. The number of hydrogen-bond acceptors (Lipinski definition) is 6. The maximum Gasteiger partial charge on any atom is 0.305 e. The molecule has 3 heterocycles. The molecule has 7 nitrogen and oxygen atoms in total. The van der Waals surface area contributed by atoms with Crippen molar-refractivity contribution in [3.05, 3.63) is 53.0 Å². The first-order chi connectivity index (χ1) is 15.5. The summed E-state index contributed by atoms with van der Waals surface area (Å²) in [6.07, 6.45) is 4.14. The zero-order chi connectivity index (χ0) is 22.5. The van der Waals surface area contributed by atoms with Gasteiger partial charge in [0, 0.05) is 37.4 Å². The summed E-state index contributed by atoms with van der Waals surface area (Å²) in [5.41, 5.74) is 3.05. The number of aliphatic carboxylic acids is 1. The molecule has 1 atom stereocenters. The summed E-state index contributed by atoms with van der Waals surface area (Å²) < 4.78 is 19.1. The van der Waals surface area contributed by atoms with Crippen molar-refractivity contribution in [3.8, 4) is 5.75 Å². The highest BCUT2D eigenvalue weighted by Crippen LogP contribution is 2.26. The Kier molecular flexibility index (Phi) is 7.22. The summed E-state index contributed by atoms with van der Waals surface area (Å²) in [6.45, 7) is 3.69. The molecule has 32 heavy (non-hydrogen) atoms. The SMILES string of the molecule is COc1ccc(C(CC(=O)O)NC2CN(CCCc3ccc4c(n3)NCCC4)C2)cc1F. The summed E-state index contributed by atoms with van der Waals surface area (Å²) in [5.74, 6) is -0.200. The van der Waals surface area contributed by atoms with Gasteiger partial charge in [0.05, 0.1) is 13.5 Å². The average Bonchev–Trinajstić information content (AvgIpc) is 2.76. The smallest absolute Gasteiger partial charge is 0.305 e. The monoisotopic (exact) mass is 442 g/mol. The summed E-state index contributed by atoms with van der Waals surface area (Å²) in [6, 6.07) is 8.70. The van der Waals surface area contributed by atoms with Gasteiger partial charge in [-0.2, -0.15) is 0 Å². The van der Waals surface area contributed by atoms with E-state index in [1.807, 2.05) is 0 Å². The Morgan fingerprint density at radius 2 is 2.22 bits per heavy atom. The van der Waals surface area contributed by atoms with E-state index in [2.05, 4.69) is 27.7 Å². The topological polar surface area (TPSA) is 86.7 Å². The molecule has 1 unspecified atom stereocenters. The number of aryl methyl sites for hydroxylation is 2. The maximum atomic E-state index is 14.1. The fourth-order valence-electron chi connectivity index (χ4n) is 4.48. The van der Waals surface area contributed by atoms with E-state index in [1.54, 1.807) is 12.1 Å². The van der Waals surface area contributed by atoms with Crippen LogP contribution in [0.25, 0.3) is 0 Å². The van der Waals surface area contributed by atoms with Gasteiger partial charge in [-0.05, 0) is 61.6 Å². The molecule has 0 bridgehead atoms. The van der Waals surface area contributed by atoms with Crippen molar-refractivity contribution in [1.82, 2.24) is 15.2 Å². The number of anilines is 1. The number of benzene rings is 1. The van der Waals surface area contributed by atoms with Gasteiger partial charge < -0.3 is 25.4 Å². The summed E-state index contributed by atoms with van der Waals surface area (Å²) >= 11 is 0. The Morgan fingerprint density at radius 1 is 1.38 bits per heavy atom. The van der Waals surface area contributed by atoms with Crippen LogP contribution in [0.15, 0.2) is 30.3 Å². The highest BCUT2D eigenvalue weighted by atomic mass is 19.1. The van der Waals surface area contributed by atoms with Crippen molar-refractivity contribution >= 4 is 11.8 Å². The molecular formula is C24H31FN4O3. The van der Waals surface area contributed by atoms with E-state index in [0.29, 0.717) is 5.56 Å². The van der Waals surface area contributed by atoms with E-state index in [1.165, 1.54) is 25.2 Å². The predicted molar refractivity (Wildman–Crippen MR) is 121 cm³/mol. The molecule has 172 valence electrons. The lowest BCUT2D eigenvalue weighted by Crippen LogP contribution is -2.58. The van der Waals surface area contributed by atoms with Gasteiger partial charge in [0.15, 0.2) is 11.6 Å². The number of rotatable bonds is 10. The quantitative estimate of drug-likeness (QED) is 0.521. The second-order valence-corrected chi connectivity index (χ2v) is 8.61. The first kappa shape index (κ1) is 22.5. The number of fused-ring (bicyclic) bond motifs is 1. The molecule has 1 saturated heterocycles. The van der Waals surface area contributed by atoms with Crippen LogP contribution in [0.3, 0.4) is 0 Å². The van der Waals surface area contributed by atoms with Crippen LogP contribution in [0.5, 0.6) is 5.75 Å². The Bertz CT molecular complexity index is 949. The van der Waals surface area contributed by atoms with Crippen LogP contribution >= 0.6 is 0 Å². The molecule has 2 aliphatic heterocycles. The van der Waals surface area contributed by atoms with E-state index < -0.39 is 17.8 Å². The predicted octanol–water partition coefficient (Wildman–Crippen LogP) is 3.01. The number of nitrogens with one attached hydrogen (secondary N) is 2. The molecule has 0 aliphatic carbocycles. The zero-order valence-electron chi connectivity index (χ0n) is 18.4. The first-order valence-corrected chi connectivity index (χ1v) is 11.3. The Labute approximate surface area is 188 Å². The number of carbonyl (C=O) groups is 1. The second-order valence-electron chi connectivity index (χ2n) is 8.61. The van der Waals surface area contributed by atoms with Gasteiger partial charge in [0.25, 0.3) is 0 Å². The van der Waals surface area contributed by atoms with Crippen LogP contribution in [0.1, 0.15) is 42.1 Å². The molecule has 4 rings (SSSR count). The van der Waals surface area contributed by atoms with Gasteiger partial charge in [-0.3, -0.25) is 4.79 Å². The third-order valence-corrected chi connectivity index (χ3v) is 6.21. The van der Waals surface area contributed by atoms with E-state index in [9.17, 15) is 14.3 Å². The molecule has 1 fully saturated rings. The molecule has 0 spiro atoms. The number of halogens is 1. The molecule has 0 saturated carbocycles. The van der Waals surface area contributed by atoms with Gasteiger partial charge >= 0.3 is 5.97 Å². The van der Waals surface area contributed by atoms with Crippen LogP contribution < -0.4 is 15.4 Å². The van der Waals surface area contributed by atoms with Crippen molar-refractivity contribution in [2.24, 2.45) is 0 Å². The minimum Gasteiger partial charge on any atom is -0.494 e. The largest absolute Gasteiger partial charge is 0.494 e. The highest BCUT2D eigenvalue weighted by molar-refractivity contribution is 5.68. The van der Waals surface area contributed by atoms with Crippen LogP contribution in [-0.2, 0) is 17.6 Å². The fraction of sp³-hybridized carbons (Fsp3) is 0.500. The molecule has 0 amide bonds. The zero-order valence-corrected chi connectivity index (χ0v) is 18.4. The number of ether oxygens (including phenoxy) is 1. The lowest BCUT2D eigenvalue weighted by Gasteiger charge is -2.41. The van der Waals surface area contributed by atoms with E-state index >= 15 is 0 Å². The van der Waals surface area contributed by atoms with Crippen LogP contribution in [-0.4, -0.2) is 60.3 Å². The van der Waals surface area contributed by atoms with Crippen LogP contribution in [0, 0.1) is 5.82 Å². The average molecular weight is 443 g/mol. The van der Waals surface area contributed by atoms with Crippen molar-refractivity contribution < 1.29 is 19.0 Å². The lowest BCUT2D eigenvalue weighted by atomic mass is 9.99. The van der Waals surface area contributed by atoms with Gasteiger partial charge in [-0.1, -0.05) is 12.1 Å². The Balaban J connectivity index is 1.24. The molecule has 2 aliphatic rings. The van der Waals surface area contributed by atoms with E-state index in [-0.39, 0.29) is 18.2 Å². The van der Waals surface area contributed by atoms with Crippen molar-refractivity contribution in [2.45, 2.75) is 44.2 Å². The van der Waals surface area contributed by atoms with E-state index in [4.69, 9.17) is 9.72 Å². The van der Waals surface area contributed by atoms with Gasteiger partial charge in [-0.15, -0.1) is 0 Å². The number of hydrogen-bond donors (Lipinski definition) is 3. The third kappa shape index (κ3) is 5.55. The second kappa shape index (κ2) is 10.3. The molecule has 3 N–H and O–H groups in total. The van der Waals surface area contributed by atoms with Crippen molar-refractivity contribution in [2.75, 3.05) is 38.6 Å². The number of methoxy groups -OCH3 is 1. The first-order valence-electron chi connectivity index (χ1n) is 11.3.